The van der Waals surface area contributed by atoms with Crippen molar-refractivity contribution < 1.29 is 8.91 Å². The zero-order chi connectivity index (χ0) is 23.9. The Labute approximate surface area is 203 Å². The van der Waals surface area contributed by atoms with Crippen LogP contribution in [0.25, 0.3) is 11.1 Å². The van der Waals surface area contributed by atoms with Crippen molar-refractivity contribution >= 4 is 28.4 Å². The Bertz CT molecular complexity index is 1390. The maximum absolute atomic E-state index is 13.4. The Morgan fingerprint density at radius 2 is 1.71 bits per heavy atom. The Morgan fingerprint density at radius 1 is 1.00 bits per heavy atom. The van der Waals surface area contributed by atoms with Crippen LogP contribution in [0.15, 0.2) is 90.1 Å². The van der Waals surface area contributed by atoms with Gasteiger partial charge in [0.1, 0.15) is 5.82 Å². The van der Waals surface area contributed by atoms with E-state index in [1.54, 1.807) is 12.1 Å². The second-order valence-corrected chi connectivity index (χ2v) is 9.28. The van der Waals surface area contributed by atoms with Gasteiger partial charge < -0.3 is 9.42 Å². The van der Waals surface area contributed by atoms with Crippen molar-refractivity contribution in [3.63, 3.8) is 0 Å². The highest BCUT2D eigenvalue weighted by Gasteiger charge is 2.32. The normalized spacial score (nSPS) is 13.6. The number of fused-ring (bicyclic) bond motifs is 1. The van der Waals surface area contributed by atoms with E-state index in [2.05, 4.69) is 16.6 Å². The predicted octanol–water partition coefficient (Wildman–Crippen LogP) is 7.26. The molecule has 1 aromatic heterocycles. The lowest BCUT2D eigenvalue weighted by molar-refractivity contribution is 0.331. The molecule has 0 N–H and O–H groups in total. The molecule has 0 spiro atoms. The molecule has 6 heteroatoms. The van der Waals surface area contributed by atoms with E-state index in [1.165, 1.54) is 12.1 Å². The van der Waals surface area contributed by atoms with Crippen molar-refractivity contribution in [1.29, 1.82) is 0 Å². The van der Waals surface area contributed by atoms with Crippen LogP contribution in [0.3, 0.4) is 0 Å². The van der Waals surface area contributed by atoms with Crippen LogP contribution < -0.4 is 4.90 Å². The summed E-state index contributed by atoms with van der Waals surface area (Å²) >= 11 is 6.06. The highest BCUT2D eigenvalue weighted by Crippen LogP contribution is 2.41. The molecule has 34 heavy (non-hydrogen) atoms. The number of hydrogen-bond acceptors (Lipinski definition) is 4. The van der Waals surface area contributed by atoms with Crippen molar-refractivity contribution in [1.82, 2.24) is 10.1 Å². The molecule has 0 atom stereocenters. The Kier molecular flexibility index (Phi) is 5.58. The number of allylic oxidation sites excluding steroid dienone is 2. The van der Waals surface area contributed by atoms with Crippen molar-refractivity contribution in [2.75, 3.05) is 4.90 Å². The maximum atomic E-state index is 13.4. The molecule has 0 unspecified atom stereocenters. The fourth-order valence-electron chi connectivity index (χ4n) is 4.11. The monoisotopic (exact) mass is 471 g/mol. The maximum Gasteiger partial charge on any atom is 0.237 e. The van der Waals surface area contributed by atoms with Crippen LogP contribution in [0.1, 0.15) is 42.3 Å². The van der Waals surface area contributed by atoms with Gasteiger partial charge in [-0.1, -0.05) is 65.8 Å². The lowest BCUT2D eigenvalue weighted by atomic mass is 9.84. The van der Waals surface area contributed by atoms with Crippen molar-refractivity contribution in [3.05, 3.63) is 125 Å². The molecule has 2 heterocycles. The number of aromatic nitrogens is 2. The van der Waals surface area contributed by atoms with E-state index in [0.717, 1.165) is 33.5 Å². The minimum absolute atomic E-state index is 0.255. The van der Waals surface area contributed by atoms with E-state index in [0.29, 0.717) is 23.3 Å². The topological polar surface area (TPSA) is 42.2 Å². The molecule has 0 saturated carbocycles. The van der Waals surface area contributed by atoms with Gasteiger partial charge in [-0.2, -0.15) is 4.98 Å². The van der Waals surface area contributed by atoms with Crippen LogP contribution in [0, 0.1) is 5.82 Å². The van der Waals surface area contributed by atoms with Crippen LogP contribution in [0.5, 0.6) is 0 Å². The number of nitrogens with zero attached hydrogens (tertiary/aromatic N) is 3. The molecule has 0 bridgehead atoms. The van der Waals surface area contributed by atoms with Crippen molar-refractivity contribution in [2.24, 2.45) is 0 Å². The van der Waals surface area contributed by atoms with Gasteiger partial charge in [-0.25, -0.2) is 4.39 Å². The Hall–Kier alpha value is -3.70. The Balaban J connectivity index is 1.52. The van der Waals surface area contributed by atoms with E-state index in [-0.39, 0.29) is 5.82 Å². The number of rotatable bonds is 5. The summed E-state index contributed by atoms with van der Waals surface area (Å²) in [5.41, 5.74) is 5.11. The van der Waals surface area contributed by atoms with Crippen LogP contribution in [-0.2, 0) is 12.0 Å². The summed E-state index contributed by atoms with van der Waals surface area (Å²) in [5.74, 6) is 0.721. The summed E-state index contributed by atoms with van der Waals surface area (Å²) < 4.78 is 19.1. The minimum Gasteiger partial charge on any atom is -0.342 e. The summed E-state index contributed by atoms with van der Waals surface area (Å²) in [6, 6.07) is 22.2. The average molecular weight is 472 g/mol. The van der Waals surface area contributed by atoms with Crippen molar-refractivity contribution in [3.8, 4) is 0 Å². The number of benzene rings is 3. The number of hydrogen-bond donors (Lipinski definition) is 0. The second kappa shape index (κ2) is 8.58. The molecular weight excluding hydrogens is 449 g/mol. The molecule has 4 nitrogen and oxygen atoms in total. The third kappa shape index (κ3) is 4.03. The zero-order valence-corrected chi connectivity index (χ0v) is 19.7. The smallest absolute Gasteiger partial charge is 0.237 e. The summed E-state index contributed by atoms with van der Waals surface area (Å²) in [6.07, 6.45) is 1.98. The number of halogens is 2. The summed E-state index contributed by atoms with van der Waals surface area (Å²) in [5, 5.41) is 4.98. The lowest BCUT2D eigenvalue weighted by Gasteiger charge is -2.30. The Morgan fingerprint density at radius 3 is 2.44 bits per heavy atom. The van der Waals surface area contributed by atoms with E-state index in [9.17, 15) is 4.39 Å². The fraction of sp³-hybridized carbons (Fsp3) is 0.143. The highest BCUT2D eigenvalue weighted by molar-refractivity contribution is 6.30. The molecule has 1 aliphatic rings. The van der Waals surface area contributed by atoms with Gasteiger partial charge in [0.05, 0.1) is 5.41 Å². The van der Waals surface area contributed by atoms with Crippen LogP contribution in [0.4, 0.5) is 10.1 Å². The minimum atomic E-state index is -0.502. The van der Waals surface area contributed by atoms with Crippen LogP contribution >= 0.6 is 11.6 Å². The zero-order valence-electron chi connectivity index (χ0n) is 18.9. The van der Waals surface area contributed by atoms with E-state index in [4.69, 9.17) is 21.1 Å². The third-order valence-electron chi connectivity index (χ3n) is 6.18. The molecular formula is C28H23ClFN3O. The number of anilines is 1. The SMILES string of the molecule is C=C1C(c2noc(C(C)(C)c3ccc(Cl)cc3)n2)=CN(Cc2ccc(F)cc2)c2ccccc21. The standard InChI is InChI=1S/C28H23ClFN3O/c1-18-23-6-4-5-7-25(23)33(16-19-8-14-22(30)15-9-19)17-24(18)26-31-27(34-32-26)28(2,3)20-10-12-21(29)13-11-20/h4-15,17H,1,16H2,2-3H3. The van der Waals surface area contributed by atoms with E-state index < -0.39 is 5.41 Å². The van der Waals surface area contributed by atoms with Gasteiger partial charge in [0, 0.05) is 34.6 Å². The van der Waals surface area contributed by atoms with Gasteiger partial charge >= 0.3 is 0 Å². The summed E-state index contributed by atoms with van der Waals surface area (Å²) in [6.45, 7) is 8.96. The fourth-order valence-corrected chi connectivity index (χ4v) is 4.24. The molecule has 0 fully saturated rings. The molecule has 170 valence electrons. The predicted molar refractivity (Wildman–Crippen MR) is 134 cm³/mol. The quantitative estimate of drug-likeness (QED) is 0.307. The first kappa shape index (κ1) is 22.1. The molecule has 4 aromatic rings. The first-order valence-corrected chi connectivity index (χ1v) is 11.3. The van der Waals surface area contributed by atoms with E-state index >= 15 is 0 Å². The molecule has 3 aromatic carbocycles. The van der Waals surface area contributed by atoms with Crippen LogP contribution in [-0.4, -0.2) is 10.1 Å². The average Bonchev–Trinajstić information content (AvgIpc) is 3.34. The van der Waals surface area contributed by atoms with Gasteiger partial charge in [-0.3, -0.25) is 0 Å². The molecule has 0 radical (unpaired) electrons. The van der Waals surface area contributed by atoms with Gasteiger partial charge in [0.25, 0.3) is 0 Å². The summed E-state index contributed by atoms with van der Waals surface area (Å²) in [7, 11) is 0. The van der Waals surface area contributed by atoms with Crippen LogP contribution in [0.2, 0.25) is 5.02 Å². The van der Waals surface area contributed by atoms with Gasteiger partial charge in [-0.05, 0) is 60.9 Å². The van der Waals surface area contributed by atoms with Gasteiger partial charge in [-0.15, -0.1) is 0 Å². The molecule has 0 aliphatic carbocycles. The van der Waals surface area contributed by atoms with E-state index in [1.807, 2.05) is 68.6 Å². The third-order valence-corrected chi connectivity index (χ3v) is 6.43. The summed E-state index contributed by atoms with van der Waals surface area (Å²) in [4.78, 5) is 6.87. The molecule has 0 amide bonds. The van der Waals surface area contributed by atoms with Gasteiger partial charge in [0.2, 0.25) is 11.7 Å². The molecule has 0 saturated heterocycles. The van der Waals surface area contributed by atoms with Crippen molar-refractivity contribution in [2.45, 2.75) is 25.8 Å². The largest absolute Gasteiger partial charge is 0.342 e. The lowest BCUT2D eigenvalue weighted by Crippen LogP contribution is -2.21. The number of para-hydroxylation sites is 1. The molecule has 5 rings (SSSR count). The first-order valence-electron chi connectivity index (χ1n) is 10.9. The molecule has 1 aliphatic heterocycles. The highest BCUT2D eigenvalue weighted by atomic mass is 35.5. The first-order chi connectivity index (χ1) is 16.3. The second-order valence-electron chi connectivity index (χ2n) is 8.85. The van der Waals surface area contributed by atoms with Gasteiger partial charge in [0.15, 0.2) is 0 Å².